The van der Waals surface area contributed by atoms with Crippen LogP contribution in [0, 0.1) is 27.7 Å². The van der Waals surface area contributed by atoms with Crippen LogP contribution in [0.2, 0.25) is 5.02 Å². The van der Waals surface area contributed by atoms with Crippen LogP contribution in [0.15, 0.2) is 75.0 Å². The lowest BCUT2D eigenvalue weighted by molar-refractivity contribution is -0.113. The summed E-state index contributed by atoms with van der Waals surface area (Å²) >= 11 is 7.59. The molecule has 0 saturated carbocycles. The van der Waals surface area contributed by atoms with Crippen LogP contribution in [0.1, 0.15) is 28.0 Å². The molecule has 2 heterocycles. The minimum atomic E-state index is -0.167. The minimum absolute atomic E-state index is 0.167. The van der Waals surface area contributed by atoms with Crippen LogP contribution in [0.5, 0.6) is 11.5 Å². The second-order valence-corrected chi connectivity index (χ2v) is 11.0. The summed E-state index contributed by atoms with van der Waals surface area (Å²) in [4.78, 5) is 20.8. The molecule has 40 heavy (non-hydrogen) atoms. The number of furan rings is 1. The van der Waals surface area contributed by atoms with Crippen LogP contribution in [0.4, 0.5) is 11.4 Å². The lowest BCUT2D eigenvalue weighted by Crippen LogP contribution is -2.28. The summed E-state index contributed by atoms with van der Waals surface area (Å²) in [6.07, 6.45) is 1.74. The van der Waals surface area contributed by atoms with E-state index in [1.165, 1.54) is 17.3 Å². The molecule has 1 amide bonds. The SMILES string of the molecule is COc1cc(-c2ccc(/C=C3\SC(=Nc4ccc(C)c(C)c4)N(c4ccc(C)c(C)c4)C3=O)o2)c(OC)cc1Cl. The van der Waals surface area contributed by atoms with Crippen LogP contribution in [-0.2, 0) is 4.79 Å². The fourth-order valence-corrected chi connectivity index (χ4v) is 5.52. The smallest absolute Gasteiger partial charge is 0.271 e. The Kier molecular flexibility index (Phi) is 7.79. The second-order valence-electron chi connectivity index (χ2n) is 9.57. The molecular weight excluding hydrogens is 544 g/mol. The zero-order chi connectivity index (χ0) is 28.6. The summed E-state index contributed by atoms with van der Waals surface area (Å²) in [7, 11) is 3.12. The molecule has 4 aromatic rings. The molecule has 0 bridgehead atoms. The molecule has 204 valence electrons. The van der Waals surface area contributed by atoms with Gasteiger partial charge in [-0.2, -0.15) is 0 Å². The molecule has 1 aliphatic rings. The van der Waals surface area contributed by atoms with E-state index in [9.17, 15) is 4.79 Å². The highest BCUT2D eigenvalue weighted by Gasteiger charge is 2.35. The van der Waals surface area contributed by atoms with Gasteiger partial charge in [0.05, 0.1) is 41.1 Å². The van der Waals surface area contributed by atoms with Crippen LogP contribution in [0.25, 0.3) is 17.4 Å². The van der Waals surface area contributed by atoms with E-state index in [0.717, 1.165) is 28.1 Å². The highest BCUT2D eigenvalue weighted by atomic mass is 35.5. The maximum atomic E-state index is 13.8. The van der Waals surface area contributed by atoms with E-state index in [1.807, 2.05) is 55.5 Å². The van der Waals surface area contributed by atoms with Crippen molar-refractivity contribution < 1.29 is 18.7 Å². The number of aliphatic imine (C=N–C) groups is 1. The first-order valence-electron chi connectivity index (χ1n) is 12.7. The molecule has 8 heteroatoms. The van der Waals surface area contributed by atoms with Gasteiger partial charge in [-0.25, -0.2) is 4.99 Å². The van der Waals surface area contributed by atoms with Gasteiger partial charge >= 0.3 is 0 Å². The van der Waals surface area contributed by atoms with Crippen molar-refractivity contribution in [2.24, 2.45) is 4.99 Å². The van der Waals surface area contributed by atoms with Gasteiger partial charge in [0.2, 0.25) is 0 Å². The highest BCUT2D eigenvalue weighted by molar-refractivity contribution is 8.19. The zero-order valence-corrected chi connectivity index (χ0v) is 24.7. The molecule has 1 aromatic heterocycles. The number of carbonyl (C=O) groups is 1. The van der Waals surface area contributed by atoms with Crippen molar-refractivity contribution in [3.05, 3.63) is 98.6 Å². The number of hydrogen-bond donors (Lipinski definition) is 0. The van der Waals surface area contributed by atoms with Gasteiger partial charge in [0.25, 0.3) is 5.91 Å². The first-order chi connectivity index (χ1) is 19.2. The third-order valence-corrected chi connectivity index (χ3v) is 8.17. The molecule has 0 atom stereocenters. The minimum Gasteiger partial charge on any atom is -0.496 e. The topological polar surface area (TPSA) is 64.3 Å². The van der Waals surface area contributed by atoms with Crippen molar-refractivity contribution in [1.82, 2.24) is 0 Å². The van der Waals surface area contributed by atoms with E-state index in [0.29, 0.717) is 43.7 Å². The normalized spacial score (nSPS) is 15.4. The fraction of sp³-hybridized carbons (Fsp3) is 0.188. The molecule has 5 rings (SSSR count). The van der Waals surface area contributed by atoms with Crippen molar-refractivity contribution in [2.45, 2.75) is 27.7 Å². The van der Waals surface area contributed by atoms with E-state index in [-0.39, 0.29) is 5.91 Å². The van der Waals surface area contributed by atoms with Gasteiger partial charge in [-0.1, -0.05) is 23.7 Å². The number of aryl methyl sites for hydroxylation is 4. The monoisotopic (exact) mass is 572 g/mol. The van der Waals surface area contributed by atoms with Gasteiger partial charge in [0.1, 0.15) is 23.0 Å². The van der Waals surface area contributed by atoms with E-state index >= 15 is 0 Å². The number of benzene rings is 3. The number of ether oxygens (including phenoxy) is 2. The lowest BCUT2D eigenvalue weighted by atomic mass is 10.1. The van der Waals surface area contributed by atoms with Crippen molar-refractivity contribution in [3.63, 3.8) is 0 Å². The number of halogens is 1. The Labute approximate surface area is 243 Å². The van der Waals surface area contributed by atoms with E-state index in [1.54, 1.807) is 37.3 Å². The maximum absolute atomic E-state index is 13.8. The molecule has 0 unspecified atom stereocenters. The van der Waals surface area contributed by atoms with E-state index < -0.39 is 0 Å². The van der Waals surface area contributed by atoms with Gasteiger partial charge in [0, 0.05) is 12.1 Å². The number of nitrogens with zero attached hydrogens (tertiary/aromatic N) is 2. The fourth-order valence-electron chi connectivity index (χ4n) is 4.30. The van der Waals surface area contributed by atoms with Crippen LogP contribution in [-0.4, -0.2) is 25.3 Å². The number of amidine groups is 1. The van der Waals surface area contributed by atoms with Crippen LogP contribution in [0.3, 0.4) is 0 Å². The predicted molar refractivity (Wildman–Crippen MR) is 164 cm³/mol. The Bertz CT molecular complexity index is 1690. The number of methoxy groups -OCH3 is 2. The summed E-state index contributed by atoms with van der Waals surface area (Å²) in [5, 5.41) is 1.02. The zero-order valence-electron chi connectivity index (χ0n) is 23.2. The number of thioether (sulfide) groups is 1. The summed E-state index contributed by atoms with van der Waals surface area (Å²) in [6, 6.07) is 19.1. The predicted octanol–water partition coefficient (Wildman–Crippen LogP) is 8.66. The molecule has 0 spiro atoms. The van der Waals surface area contributed by atoms with Crippen LogP contribution >= 0.6 is 23.4 Å². The van der Waals surface area contributed by atoms with E-state index in [4.69, 9.17) is 30.5 Å². The average molecular weight is 573 g/mol. The third-order valence-electron chi connectivity index (χ3n) is 6.91. The van der Waals surface area contributed by atoms with Gasteiger partial charge in [0.15, 0.2) is 5.17 Å². The van der Waals surface area contributed by atoms with Crippen molar-refractivity contribution in [2.75, 3.05) is 19.1 Å². The quantitative estimate of drug-likeness (QED) is 0.216. The van der Waals surface area contributed by atoms with Crippen molar-refractivity contribution in [3.8, 4) is 22.8 Å². The van der Waals surface area contributed by atoms with Gasteiger partial charge in [-0.3, -0.25) is 9.69 Å². The second kappa shape index (κ2) is 11.3. The molecule has 3 aromatic carbocycles. The molecule has 0 aliphatic carbocycles. The Morgan fingerprint density at radius 3 is 2.23 bits per heavy atom. The third kappa shape index (κ3) is 5.40. The summed E-state index contributed by atoms with van der Waals surface area (Å²) < 4.78 is 17.0. The lowest BCUT2D eigenvalue weighted by Gasteiger charge is -2.17. The number of carbonyl (C=O) groups excluding carboxylic acids is 1. The Morgan fingerprint density at radius 2 is 1.55 bits per heavy atom. The number of hydrogen-bond acceptors (Lipinski definition) is 6. The highest BCUT2D eigenvalue weighted by Crippen LogP contribution is 2.41. The summed E-state index contributed by atoms with van der Waals surface area (Å²) in [5.74, 6) is 1.97. The molecule has 0 N–H and O–H groups in total. The molecule has 1 aliphatic heterocycles. The van der Waals surface area contributed by atoms with E-state index in [2.05, 4.69) is 20.8 Å². The number of anilines is 1. The van der Waals surface area contributed by atoms with Crippen molar-refractivity contribution >= 4 is 51.9 Å². The Balaban J connectivity index is 1.54. The largest absolute Gasteiger partial charge is 0.496 e. The number of rotatable bonds is 6. The van der Waals surface area contributed by atoms with Gasteiger partial charge in [-0.05, 0) is 104 Å². The van der Waals surface area contributed by atoms with Gasteiger partial charge < -0.3 is 13.9 Å². The Hall–Kier alpha value is -3.94. The van der Waals surface area contributed by atoms with Crippen molar-refractivity contribution in [1.29, 1.82) is 0 Å². The first-order valence-corrected chi connectivity index (χ1v) is 13.9. The first kappa shape index (κ1) is 27.6. The maximum Gasteiger partial charge on any atom is 0.271 e. The van der Waals surface area contributed by atoms with Crippen LogP contribution < -0.4 is 14.4 Å². The molecule has 1 fully saturated rings. The average Bonchev–Trinajstić information content (AvgIpc) is 3.52. The summed E-state index contributed by atoms with van der Waals surface area (Å²) in [6.45, 7) is 8.20. The Morgan fingerprint density at radius 1 is 0.850 bits per heavy atom. The molecule has 1 saturated heterocycles. The standard InChI is InChI=1S/C32H29ClN2O4S/c1-18-7-9-22(13-20(18)3)34-32-35(23-10-8-19(2)21(4)14-23)31(36)30(40-32)15-24-11-12-27(39-24)25-16-29(38-6)26(33)17-28(25)37-5/h7-17H,1-6H3/b30-15-,34-32?. The number of amides is 1. The molecule has 0 radical (unpaired) electrons. The van der Waals surface area contributed by atoms with Gasteiger partial charge in [-0.15, -0.1) is 0 Å². The molecular formula is C32H29ClN2O4S. The summed E-state index contributed by atoms with van der Waals surface area (Å²) in [5.41, 5.74) is 6.83. The molecule has 6 nitrogen and oxygen atoms in total.